The van der Waals surface area contributed by atoms with E-state index in [2.05, 4.69) is 15.9 Å². The Morgan fingerprint density at radius 3 is 2.28 bits per heavy atom. The van der Waals surface area contributed by atoms with E-state index in [4.69, 9.17) is 9.47 Å². The van der Waals surface area contributed by atoms with E-state index in [0.717, 1.165) is 4.47 Å². The summed E-state index contributed by atoms with van der Waals surface area (Å²) in [6, 6.07) is 7.43. The number of ether oxygens (including phenoxy) is 2. The Morgan fingerprint density at radius 1 is 1.22 bits per heavy atom. The topological polar surface area (TPSA) is 38.8 Å². The molecule has 0 saturated carbocycles. The molecule has 1 saturated heterocycles. The molecule has 0 aromatic heterocycles. The zero-order valence-corrected chi connectivity index (χ0v) is 12.0. The molecule has 2 rings (SSSR count). The molecule has 0 spiro atoms. The molecule has 1 aromatic rings. The third kappa shape index (κ3) is 2.58. The molecule has 0 unspecified atom stereocenters. The first-order chi connectivity index (χ1) is 8.67. The Bertz CT molecular complexity index is 426. The van der Waals surface area contributed by atoms with Gasteiger partial charge in [0.15, 0.2) is 0 Å². The molecular weight excluding hydrogens is 298 g/mol. The Labute approximate surface area is 115 Å². The molecule has 1 aromatic carbocycles. The summed E-state index contributed by atoms with van der Waals surface area (Å²) in [6.07, 6.45) is -0.108. The molecule has 1 aliphatic rings. The number of methoxy groups -OCH3 is 2. The second-order valence-electron chi connectivity index (χ2n) is 4.24. The molecular formula is C13H16BrNO3. The van der Waals surface area contributed by atoms with Crippen LogP contribution in [0.5, 0.6) is 0 Å². The van der Waals surface area contributed by atoms with Crippen LogP contribution in [0.15, 0.2) is 28.7 Å². The minimum atomic E-state index is -0.0542. The van der Waals surface area contributed by atoms with Gasteiger partial charge in [-0.25, -0.2) is 0 Å². The van der Waals surface area contributed by atoms with Gasteiger partial charge in [0.05, 0.1) is 5.56 Å². The third-order valence-corrected chi connectivity index (χ3v) is 3.90. The minimum absolute atomic E-state index is 0.00377. The van der Waals surface area contributed by atoms with Crippen LogP contribution in [-0.2, 0) is 9.47 Å². The summed E-state index contributed by atoms with van der Waals surface area (Å²) in [5.74, 6) is 0.00377. The number of nitrogens with zero attached hydrogens (tertiary/aromatic N) is 1. The first-order valence-corrected chi connectivity index (χ1v) is 6.56. The molecule has 0 bridgehead atoms. The molecule has 0 aliphatic carbocycles. The van der Waals surface area contributed by atoms with Crippen molar-refractivity contribution in [1.29, 1.82) is 0 Å². The third-order valence-electron chi connectivity index (χ3n) is 3.21. The van der Waals surface area contributed by atoms with Crippen LogP contribution in [0.2, 0.25) is 0 Å². The van der Waals surface area contributed by atoms with Gasteiger partial charge >= 0.3 is 0 Å². The lowest BCUT2D eigenvalue weighted by molar-refractivity contribution is -0.00461. The van der Waals surface area contributed by atoms with Gasteiger partial charge in [-0.15, -0.1) is 0 Å². The zero-order valence-electron chi connectivity index (χ0n) is 10.4. The molecule has 18 heavy (non-hydrogen) atoms. The molecule has 1 aliphatic heterocycles. The Balaban J connectivity index is 2.14. The number of halogens is 1. The molecule has 0 N–H and O–H groups in total. The first-order valence-electron chi connectivity index (χ1n) is 5.76. The van der Waals surface area contributed by atoms with E-state index in [0.29, 0.717) is 18.7 Å². The van der Waals surface area contributed by atoms with Crippen LogP contribution in [0.25, 0.3) is 0 Å². The van der Waals surface area contributed by atoms with Crippen LogP contribution in [0.1, 0.15) is 10.4 Å². The Morgan fingerprint density at radius 2 is 1.78 bits per heavy atom. The van der Waals surface area contributed by atoms with Gasteiger partial charge in [-0.3, -0.25) is 4.79 Å². The highest BCUT2D eigenvalue weighted by Gasteiger charge is 2.36. The summed E-state index contributed by atoms with van der Waals surface area (Å²) in [6.45, 7) is 1.13. The van der Waals surface area contributed by atoms with Crippen molar-refractivity contribution in [2.24, 2.45) is 0 Å². The van der Waals surface area contributed by atoms with Crippen LogP contribution < -0.4 is 0 Å². The maximum atomic E-state index is 12.4. The van der Waals surface area contributed by atoms with Gasteiger partial charge in [0.25, 0.3) is 5.91 Å². The Hall–Kier alpha value is -0.910. The number of carbonyl (C=O) groups excluding carboxylic acids is 1. The number of carbonyl (C=O) groups is 1. The molecule has 2 atom stereocenters. The predicted octanol–water partition coefficient (Wildman–Crippen LogP) is 1.93. The second kappa shape index (κ2) is 5.82. The molecule has 5 heteroatoms. The minimum Gasteiger partial charge on any atom is -0.377 e. The zero-order chi connectivity index (χ0) is 13.1. The number of hydrogen-bond donors (Lipinski definition) is 0. The smallest absolute Gasteiger partial charge is 0.255 e. The molecule has 98 valence electrons. The van der Waals surface area contributed by atoms with Crippen LogP contribution in [0.4, 0.5) is 0 Å². The number of likely N-dealkylation sites (tertiary alicyclic amines) is 1. The van der Waals surface area contributed by atoms with E-state index in [1.807, 2.05) is 24.3 Å². The van der Waals surface area contributed by atoms with Gasteiger partial charge in [-0.05, 0) is 28.1 Å². The van der Waals surface area contributed by atoms with Crippen molar-refractivity contribution in [2.45, 2.75) is 12.2 Å². The van der Waals surface area contributed by atoms with Crippen LogP contribution >= 0.6 is 15.9 Å². The summed E-state index contributed by atoms with van der Waals surface area (Å²) >= 11 is 3.40. The van der Waals surface area contributed by atoms with Crippen molar-refractivity contribution in [3.05, 3.63) is 34.3 Å². The summed E-state index contributed by atoms with van der Waals surface area (Å²) in [4.78, 5) is 14.1. The lowest BCUT2D eigenvalue weighted by Gasteiger charge is -2.16. The SMILES string of the molecule is CO[C@H]1CN(C(=O)c2ccccc2Br)C[C@H]1OC. The van der Waals surface area contributed by atoms with Gasteiger partial charge in [0.1, 0.15) is 12.2 Å². The summed E-state index contributed by atoms with van der Waals surface area (Å²) in [7, 11) is 3.28. The highest BCUT2D eigenvalue weighted by Crippen LogP contribution is 2.22. The van der Waals surface area contributed by atoms with Gasteiger partial charge in [-0.2, -0.15) is 0 Å². The normalized spacial score (nSPS) is 23.4. The van der Waals surface area contributed by atoms with E-state index < -0.39 is 0 Å². The van der Waals surface area contributed by atoms with Gasteiger partial charge in [0.2, 0.25) is 0 Å². The predicted molar refractivity (Wildman–Crippen MR) is 71.6 cm³/mol. The molecule has 0 radical (unpaired) electrons. The van der Waals surface area contributed by atoms with E-state index in [9.17, 15) is 4.79 Å². The number of benzene rings is 1. The van der Waals surface area contributed by atoms with Crippen LogP contribution in [0, 0.1) is 0 Å². The van der Waals surface area contributed by atoms with Crippen LogP contribution in [0.3, 0.4) is 0 Å². The standard InChI is InChI=1S/C13H16BrNO3/c1-17-11-7-15(8-12(11)18-2)13(16)9-5-3-4-6-10(9)14/h3-6,11-12H,7-8H2,1-2H3/t11-,12+. The summed E-state index contributed by atoms with van der Waals surface area (Å²) < 4.78 is 11.5. The lowest BCUT2D eigenvalue weighted by Crippen LogP contribution is -2.30. The van der Waals surface area contributed by atoms with E-state index >= 15 is 0 Å². The average molecular weight is 314 g/mol. The molecule has 4 nitrogen and oxygen atoms in total. The monoisotopic (exact) mass is 313 g/mol. The quantitative estimate of drug-likeness (QED) is 0.856. The number of hydrogen-bond acceptors (Lipinski definition) is 3. The van der Waals surface area contributed by atoms with Crippen molar-refractivity contribution in [3.8, 4) is 0 Å². The summed E-state index contributed by atoms with van der Waals surface area (Å²) in [5.41, 5.74) is 0.670. The molecule has 1 fully saturated rings. The van der Waals surface area contributed by atoms with E-state index in [1.165, 1.54) is 0 Å². The highest BCUT2D eigenvalue weighted by molar-refractivity contribution is 9.10. The molecule has 1 heterocycles. The average Bonchev–Trinajstić information content (AvgIpc) is 2.81. The largest absolute Gasteiger partial charge is 0.377 e. The first kappa shape index (κ1) is 13.5. The fraction of sp³-hybridized carbons (Fsp3) is 0.462. The van der Waals surface area contributed by atoms with Crippen molar-refractivity contribution >= 4 is 21.8 Å². The van der Waals surface area contributed by atoms with E-state index in [-0.39, 0.29) is 18.1 Å². The highest BCUT2D eigenvalue weighted by atomic mass is 79.9. The lowest BCUT2D eigenvalue weighted by atomic mass is 10.2. The number of amides is 1. The van der Waals surface area contributed by atoms with E-state index in [1.54, 1.807) is 19.1 Å². The maximum absolute atomic E-state index is 12.4. The van der Waals surface area contributed by atoms with Crippen molar-refractivity contribution in [3.63, 3.8) is 0 Å². The van der Waals surface area contributed by atoms with Crippen LogP contribution in [-0.4, -0.2) is 50.3 Å². The van der Waals surface area contributed by atoms with Gasteiger partial charge < -0.3 is 14.4 Å². The summed E-state index contributed by atoms with van der Waals surface area (Å²) in [5, 5.41) is 0. The molecule has 1 amide bonds. The van der Waals surface area contributed by atoms with Gasteiger partial charge in [-0.1, -0.05) is 12.1 Å². The maximum Gasteiger partial charge on any atom is 0.255 e. The Kier molecular flexibility index (Phi) is 4.37. The van der Waals surface area contributed by atoms with Crippen molar-refractivity contribution in [1.82, 2.24) is 4.90 Å². The van der Waals surface area contributed by atoms with Gasteiger partial charge in [0, 0.05) is 31.8 Å². The van der Waals surface area contributed by atoms with Crippen molar-refractivity contribution < 1.29 is 14.3 Å². The second-order valence-corrected chi connectivity index (χ2v) is 5.09. The fourth-order valence-corrected chi connectivity index (χ4v) is 2.62. The number of rotatable bonds is 3. The fourth-order valence-electron chi connectivity index (χ4n) is 2.17. The van der Waals surface area contributed by atoms with Crippen molar-refractivity contribution in [2.75, 3.05) is 27.3 Å².